The number of nitrogens with zero attached hydrogens (tertiary/aromatic N) is 2. The molecule has 204 valence electrons. The first-order valence-electron chi connectivity index (χ1n) is 13.2. The Morgan fingerprint density at radius 2 is 1.75 bits per heavy atom. The predicted molar refractivity (Wildman–Crippen MR) is 171 cm³/mol. The van der Waals surface area contributed by atoms with E-state index < -0.39 is 5.92 Å². The van der Waals surface area contributed by atoms with Crippen LogP contribution in [0.1, 0.15) is 54.9 Å². The van der Waals surface area contributed by atoms with Crippen LogP contribution in [0.2, 0.25) is 0 Å². The summed E-state index contributed by atoms with van der Waals surface area (Å²) in [5, 5.41) is 10.5. The highest BCUT2D eigenvalue weighted by Gasteiger charge is 2.45. The number of halogens is 2. The predicted octanol–water partition coefficient (Wildman–Crippen LogP) is 8.19. The van der Waals surface area contributed by atoms with Crippen LogP contribution in [0.25, 0.3) is 0 Å². The highest BCUT2D eigenvalue weighted by atomic mass is 127. The molecule has 5 rings (SSSR count). The number of aryl methyl sites for hydroxylation is 2. The van der Waals surface area contributed by atoms with Crippen LogP contribution in [0.5, 0.6) is 5.75 Å². The molecule has 1 heterocycles. The fraction of sp³-hybridized carbons (Fsp3) is 0.273. The van der Waals surface area contributed by atoms with E-state index in [-0.39, 0.29) is 11.2 Å². The van der Waals surface area contributed by atoms with Crippen molar-refractivity contribution in [2.75, 3.05) is 4.90 Å². The first kappa shape index (κ1) is 28.4. The van der Waals surface area contributed by atoms with Crippen LogP contribution in [0.3, 0.4) is 0 Å². The normalized spacial score (nSPS) is 18.5. The number of allylic oxidation sites excluding steroid dienone is 3. The Hall–Kier alpha value is -3.09. The summed E-state index contributed by atoms with van der Waals surface area (Å²) in [5.74, 6) is 0.688. The van der Waals surface area contributed by atoms with Crippen molar-refractivity contribution in [2.24, 2.45) is 11.1 Å². The van der Waals surface area contributed by atoms with E-state index in [4.69, 9.17) is 10.5 Å². The molecule has 0 fully saturated rings. The van der Waals surface area contributed by atoms with Crippen LogP contribution < -0.4 is 15.4 Å². The van der Waals surface area contributed by atoms with Gasteiger partial charge >= 0.3 is 0 Å². The topological polar surface area (TPSA) is 79.4 Å². The van der Waals surface area contributed by atoms with Gasteiger partial charge in [0.05, 0.1) is 17.6 Å². The molecule has 7 heteroatoms. The van der Waals surface area contributed by atoms with Crippen molar-refractivity contribution in [3.05, 3.63) is 114 Å². The molecule has 0 saturated carbocycles. The van der Waals surface area contributed by atoms with E-state index >= 15 is 0 Å². The maximum Gasteiger partial charge on any atom is 0.162 e. The Bertz CT molecular complexity index is 1600. The van der Waals surface area contributed by atoms with E-state index in [2.05, 4.69) is 77.5 Å². The highest BCUT2D eigenvalue weighted by Crippen LogP contribution is 2.50. The molecule has 0 amide bonds. The molecule has 2 N–H and O–H groups in total. The molecular weight excluding hydrogens is 677 g/mol. The summed E-state index contributed by atoms with van der Waals surface area (Å²) < 4.78 is 8.20. The first-order chi connectivity index (χ1) is 19.0. The molecule has 2 aliphatic rings. The number of Topliss-reactive ketones (excluding diaryl/α,β-unsaturated/α-hetero) is 1. The number of carbonyl (C=O) groups excluding carboxylic acids is 1. The number of anilines is 1. The molecular formula is C33H31BrIN3O2. The zero-order valence-electron chi connectivity index (χ0n) is 23.0. The van der Waals surface area contributed by atoms with Gasteiger partial charge in [-0.2, -0.15) is 5.26 Å². The molecule has 1 aliphatic carbocycles. The molecule has 3 aromatic rings. The maximum absolute atomic E-state index is 13.9. The summed E-state index contributed by atoms with van der Waals surface area (Å²) >= 11 is 5.73. The average molecular weight is 708 g/mol. The van der Waals surface area contributed by atoms with Crippen LogP contribution in [0.4, 0.5) is 5.69 Å². The summed E-state index contributed by atoms with van der Waals surface area (Å²) in [7, 11) is 0. The molecule has 1 unspecified atom stereocenters. The number of hydrogen-bond donors (Lipinski definition) is 1. The third-order valence-corrected chi connectivity index (χ3v) is 8.96. The van der Waals surface area contributed by atoms with Gasteiger partial charge in [-0.05, 0) is 119 Å². The Labute approximate surface area is 258 Å². The SMILES string of the molecule is Cc1cc(C)c(C2C(C#N)=C(N)N(c3ccc(I)cc3)C3=C2C(=O)CC(C)(C)C3)cc1COc1ccc(Br)cc1. The fourth-order valence-corrected chi connectivity index (χ4v) is 6.40. The van der Waals surface area contributed by atoms with Crippen LogP contribution in [0.15, 0.2) is 87.8 Å². The number of nitrogens with two attached hydrogens (primary N) is 1. The van der Waals surface area contributed by atoms with E-state index in [0.29, 0.717) is 36.4 Å². The molecule has 1 aliphatic heterocycles. The minimum Gasteiger partial charge on any atom is -0.489 e. The average Bonchev–Trinajstić information content (AvgIpc) is 2.89. The third kappa shape index (κ3) is 5.44. The Morgan fingerprint density at radius 3 is 2.40 bits per heavy atom. The maximum atomic E-state index is 13.9. The van der Waals surface area contributed by atoms with Gasteiger partial charge in [0.15, 0.2) is 5.78 Å². The summed E-state index contributed by atoms with van der Waals surface area (Å²) in [6.07, 6.45) is 1.10. The molecule has 40 heavy (non-hydrogen) atoms. The minimum atomic E-state index is -0.532. The summed E-state index contributed by atoms with van der Waals surface area (Å²) in [4.78, 5) is 15.9. The van der Waals surface area contributed by atoms with Crippen molar-refractivity contribution in [3.8, 4) is 11.8 Å². The lowest BCUT2D eigenvalue weighted by molar-refractivity contribution is -0.118. The van der Waals surface area contributed by atoms with E-state index in [9.17, 15) is 10.1 Å². The summed E-state index contributed by atoms with van der Waals surface area (Å²) in [5.41, 5.74) is 13.5. The van der Waals surface area contributed by atoms with Gasteiger partial charge in [-0.3, -0.25) is 9.69 Å². The van der Waals surface area contributed by atoms with Gasteiger partial charge in [0, 0.05) is 31.4 Å². The van der Waals surface area contributed by atoms with Crippen LogP contribution in [-0.2, 0) is 11.4 Å². The Morgan fingerprint density at radius 1 is 1.07 bits per heavy atom. The second-order valence-corrected chi connectivity index (χ2v) is 13.5. The minimum absolute atomic E-state index is 0.0691. The molecule has 1 atom stereocenters. The summed E-state index contributed by atoms with van der Waals surface area (Å²) in [6, 6.07) is 22.4. The molecule has 0 saturated heterocycles. The van der Waals surface area contributed by atoms with Gasteiger partial charge in [0.25, 0.3) is 0 Å². The zero-order valence-corrected chi connectivity index (χ0v) is 26.8. The van der Waals surface area contributed by atoms with Gasteiger partial charge < -0.3 is 10.5 Å². The van der Waals surface area contributed by atoms with E-state index in [1.165, 1.54) is 0 Å². The van der Waals surface area contributed by atoms with Gasteiger partial charge in [0.2, 0.25) is 0 Å². The van der Waals surface area contributed by atoms with Crippen molar-refractivity contribution in [2.45, 2.75) is 53.1 Å². The molecule has 0 bridgehead atoms. The van der Waals surface area contributed by atoms with Crippen molar-refractivity contribution >= 4 is 50.0 Å². The van der Waals surface area contributed by atoms with E-state index in [1.54, 1.807) is 0 Å². The van der Waals surface area contributed by atoms with Gasteiger partial charge in [-0.1, -0.05) is 41.9 Å². The highest BCUT2D eigenvalue weighted by molar-refractivity contribution is 14.1. The Kier molecular flexibility index (Phi) is 7.86. The monoisotopic (exact) mass is 707 g/mol. The van der Waals surface area contributed by atoms with Crippen molar-refractivity contribution in [3.63, 3.8) is 0 Å². The number of carbonyl (C=O) groups is 1. The second kappa shape index (κ2) is 11.1. The Balaban J connectivity index is 1.65. The second-order valence-electron chi connectivity index (χ2n) is 11.3. The quantitative estimate of drug-likeness (QED) is 0.271. The van der Waals surface area contributed by atoms with E-state index in [0.717, 1.165) is 47.4 Å². The number of rotatable bonds is 5. The summed E-state index contributed by atoms with van der Waals surface area (Å²) in [6.45, 7) is 8.70. The number of hydrogen-bond acceptors (Lipinski definition) is 5. The lowest BCUT2D eigenvalue weighted by Crippen LogP contribution is -2.42. The first-order valence-corrected chi connectivity index (χ1v) is 15.1. The molecule has 0 aromatic heterocycles. The third-order valence-electron chi connectivity index (χ3n) is 7.71. The van der Waals surface area contributed by atoms with Crippen molar-refractivity contribution in [1.82, 2.24) is 0 Å². The molecule has 5 nitrogen and oxygen atoms in total. The number of ether oxygens (including phenoxy) is 1. The molecule has 3 aromatic carbocycles. The smallest absolute Gasteiger partial charge is 0.162 e. The fourth-order valence-electron chi connectivity index (χ4n) is 5.78. The van der Waals surface area contributed by atoms with Crippen molar-refractivity contribution < 1.29 is 9.53 Å². The number of benzene rings is 3. The lowest BCUT2D eigenvalue weighted by atomic mass is 9.68. The van der Waals surface area contributed by atoms with Gasteiger partial charge in [0.1, 0.15) is 18.2 Å². The lowest BCUT2D eigenvalue weighted by Gasteiger charge is -2.44. The van der Waals surface area contributed by atoms with Gasteiger partial charge in [-0.25, -0.2) is 0 Å². The standard InChI is InChI=1S/C33H31BrIN3O2/c1-19-13-20(2)26(14-21(19)18-40-25-11-5-22(34)6-12-25)30-27(17-36)32(37)38(24-9-7-23(35)8-10-24)28-15-33(3,4)16-29(39)31(28)30/h5-14,30H,15-16,18,37H2,1-4H3. The molecule has 0 radical (unpaired) electrons. The number of ketones is 1. The largest absolute Gasteiger partial charge is 0.489 e. The van der Waals surface area contributed by atoms with Gasteiger partial charge in [-0.15, -0.1) is 0 Å². The van der Waals surface area contributed by atoms with Crippen molar-refractivity contribution in [1.29, 1.82) is 5.26 Å². The van der Waals surface area contributed by atoms with Crippen LogP contribution >= 0.6 is 38.5 Å². The van der Waals surface area contributed by atoms with E-state index in [1.807, 2.05) is 60.4 Å². The van der Waals surface area contributed by atoms with Crippen LogP contribution in [0, 0.1) is 34.2 Å². The van der Waals surface area contributed by atoms with Crippen LogP contribution in [-0.4, -0.2) is 5.78 Å². The number of nitriles is 1. The molecule has 0 spiro atoms. The zero-order chi connectivity index (χ0) is 28.8.